The molecule has 0 aromatic carbocycles. The molecule has 1 aliphatic heterocycles. The van der Waals surface area contributed by atoms with Crippen molar-refractivity contribution in [3.8, 4) is 0 Å². The van der Waals surface area contributed by atoms with Gasteiger partial charge in [-0.05, 0) is 0 Å². The van der Waals surface area contributed by atoms with Crippen LogP contribution in [-0.4, -0.2) is 12.1 Å². The van der Waals surface area contributed by atoms with Crippen LogP contribution in [0.1, 0.15) is 0 Å². The maximum absolute atomic E-state index is 3.63. The third-order valence-corrected chi connectivity index (χ3v) is 1.31. The molecule has 7 heavy (non-hydrogen) atoms. The first-order valence-electron chi connectivity index (χ1n) is 2.35. The van der Waals surface area contributed by atoms with Gasteiger partial charge in [0.2, 0.25) is 0 Å². The Balaban J connectivity index is 2.58. The predicted octanol–water partition coefficient (Wildman–Crippen LogP) is 0.700. The van der Waals surface area contributed by atoms with Crippen molar-refractivity contribution in [2.24, 2.45) is 0 Å². The van der Waals surface area contributed by atoms with Crippen molar-refractivity contribution in [1.82, 2.24) is 5.32 Å². The highest BCUT2D eigenvalue weighted by molar-refractivity contribution is 5.25. The summed E-state index contributed by atoms with van der Waals surface area (Å²) >= 11 is 0. The normalized spacial score (nSPS) is 23.4. The zero-order valence-corrected chi connectivity index (χ0v) is 4.28. The lowest BCUT2D eigenvalue weighted by Gasteiger charge is -1.92. The molecule has 1 saturated heterocycles. The van der Waals surface area contributed by atoms with E-state index < -0.39 is 0 Å². The van der Waals surface area contributed by atoms with Crippen LogP contribution in [0.25, 0.3) is 0 Å². The van der Waals surface area contributed by atoms with E-state index in [1.54, 1.807) is 0 Å². The molecule has 0 spiro atoms. The number of nitrogens with one attached hydrogen (secondary N) is 1. The summed E-state index contributed by atoms with van der Waals surface area (Å²) in [7, 11) is 0. The molecule has 0 amide bonds. The summed E-state index contributed by atoms with van der Waals surface area (Å²) in [5.74, 6) is 0. The lowest BCUT2D eigenvalue weighted by atomic mass is 10.2. The third kappa shape index (κ3) is 0.591. The summed E-state index contributed by atoms with van der Waals surface area (Å²) in [6.07, 6.45) is 3.75. The molecule has 0 saturated carbocycles. The van der Waals surface area contributed by atoms with Crippen molar-refractivity contribution in [1.29, 1.82) is 0 Å². The Bertz CT molecular complexity index is 90.7. The van der Waals surface area contributed by atoms with Crippen LogP contribution in [0.4, 0.5) is 0 Å². The predicted molar refractivity (Wildman–Crippen MR) is 31.1 cm³/mol. The Kier molecular flexibility index (Phi) is 0.790. The zero-order chi connectivity index (χ0) is 5.33. The number of rotatable bonds is 2. The van der Waals surface area contributed by atoms with Crippen LogP contribution in [0.15, 0.2) is 25.3 Å². The van der Waals surface area contributed by atoms with Crippen LogP contribution in [0.3, 0.4) is 0 Å². The minimum Gasteiger partial charge on any atom is -0.301 e. The SMILES string of the molecule is C=CC1(C=C)CN1. The third-order valence-electron chi connectivity index (χ3n) is 1.31. The maximum atomic E-state index is 3.63. The highest BCUT2D eigenvalue weighted by Gasteiger charge is 2.34. The Hall–Kier alpha value is -0.560. The summed E-state index contributed by atoms with van der Waals surface area (Å²) in [6.45, 7) is 8.28. The average Bonchev–Trinajstić information content (AvgIpc) is 2.46. The zero-order valence-electron chi connectivity index (χ0n) is 4.28. The van der Waals surface area contributed by atoms with E-state index in [1.165, 1.54) is 0 Å². The fraction of sp³-hybridized carbons (Fsp3) is 0.333. The van der Waals surface area contributed by atoms with Crippen molar-refractivity contribution in [3.05, 3.63) is 25.3 Å². The minimum absolute atomic E-state index is 0.111. The lowest BCUT2D eigenvalue weighted by Crippen LogP contribution is -2.03. The van der Waals surface area contributed by atoms with Crippen LogP contribution in [0.5, 0.6) is 0 Å². The van der Waals surface area contributed by atoms with Gasteiger partial charge in [-0.2, -0.15) is 0 Å². The summed E-state index contributed by atoms with van der Waals surface area (Å²) in [5.41, 5.74) is 0.111. The summed E-state index contributed by atoms with van der Waals surface area (Å²) < 4.78 is 0. The molecule has 0 bridgehead atoms. The molecular formula is C6H9N. The van der Waals surface area contributed by atoms with Gasteiger partial charge in [0.15, 0.2) is 0 Å². The summed E-state index contributed by atoms with van der Waals surface area (Å²) in [6, 6.07) is 0. The van der Waals surface area contributed by atoms with Crippen LogP contribution in [-0.2, 0) is 0 Å². The second-order valence-electron chi connectivity index (χ2n) is 1.80. The minimum atomic E-state index is 0.111. The van der Waals surface area contributed by atoms with E-state index in [-0.39, 0.29) is 5.54 Å². The Morgan fingerprint density at radius 1 is 1.43 bits per heavy atom. The molecule has 1 heteroatoms. The Morgan fingerprint density at radius 2 is 1.86 bits per heavy atom. The smallest absolute Gasteiger partial charge is 0.0672 e. The van der Waals surface area contributed by atoms with Gasteiger partial charge in [0.25, 0.3) is 0 Å². The van der Waals surface area contributed by atoms with Crippen molar-refractivity contribution in [3.63, 3.8) is 0 Å². The quantitative estimate of drug-likeness (QED) is 0.396. The molecule has 1 rings (SSSR count). The highest BCUT2D eigenvalue weighted by Crippen LogP contribution is 2.17. The van der Waals surface area contributed by atoms with Gasteiger partial charge in [-0.1, -0.05) is 12.2 Å². The largest absolute Gasteiger partial charge is 0.301 e. The van der Waals surface area contributed by atoms with E-state index in [2.05, 4.69) is 18.5 Å². The van der Waals surface area contributed by atoms with Crippen LogP contribution < -0.4 is 5.32 Å². The van der Waals surface area contributed by atoms with Gasteiger partial charge in [-0.25, -0.2) is 0 Å². The Morgan fingerprint density at radius 3 is 1.86 bits per heavy atom. The van der Waals surface area contributed by atoms with Crippen LogP contribution >= 0.6 is 0 Å². The van der Waals surface area contributed by atoms with Gasteiger partial charge in [0.05, 0.1) is 5.54 Å². The molecular weight excluding hydrogens is 86.1 g/mol. The van der Waals surface area contributed by atoms with E-state index in [9.17, 15) is 0 Å². The fourth-order valence-electron chi connectivity index (χ4n) is 0.474. The average molecular weight is 95.1 g/mol. The monoisotopic (exact) mass is 95.1 g/mol. The fourth-order valence-corrected chi connectivity index (χ4v) is 0.474. The Labute approximate surface area is 43.7 Å². The molecule has 1 N–H and O–H groups in total. The van der Waals surface area contributed by atoms with Crippen molar-refractivity contribution in [2.75, 3.05) is 6.54 Å². The van der Waals surface area contributed by atoms with E-state index in [4.69, 9.17) is 0 Å². The van der Waals surface area contributed by atoms with E-state index >= 15 is 0 Å². The molecule has 0 unspecified atom stereocenters. The van der Waals surface area contributed by atoms with Crippen LogP contribution in [0.2, 0.25) is 0 Å². The summed E-state index contributed by atoms with van der Waals surface area (Å²) in [4.78, 5) is 0. The molecule has 0 radical (unpaired) electrons. The molecule has 1 nitrogen and oxygen atoms in total. The van der Waals surface area contributed by atoms with Gasteiger partial charge in [-0.15, -0.1) is 13.2 Å². The molecule has 38 valence electrons. The van der Waals surface area contributed by atoms with Gasteiger partial charge in [-0.3, -0.25) is 0 Å². The van der Waals surface area contributed by atoms with Crippen molar-refractivity contribution in [2.45, 2.75) is 5.54 Å². The van der Waals surface area contributed by atoms with Gasteiger partial charge >= 0.3 is 0 Å². The second kappa shape index (κ2) is 1.20. The first-order valence-corrected chi connectivity index (χ1v) is 2.35. The van der Waals surface area contributed by atoms with Gasteiger partial charge < -0.3 is 5.32 Å². The first kappa shape index (κ1) is 4.60. The highest BCUT2D eigenvalue weighted by atomic mass is 15.1. The molecule has 0 aromatic rings. The molecule has 0 atom stereocenters. The van der Waals surface area contributed by atoms with E-state index in [0.29, 0.717) is 0 Å². The second-order valence-corrected chi connectivity index (χ2v) is 1.80. The van der Waals surface area contributed by atoms with Gasteiger partial charge in [0.1, 0.15) is 0 Å². The van der Waals surface area contributed by atoms with Crippen LogP contribution in [0, 0.1) is 0 Å². The molecule has 1 aliphatic rings. The van der Waals surface area contributed by atoms with E-state index in [1.807, 2.05) is 12.2 Å². The first-order chi connectivity index (χ1) is 3.33. The van der Waals surface area contributed by atoms with Crippen molar-refractivity contribution < 1.29 is 0 Å². The lowest BCUT2D eigenvalue weighted by molar-refractivity contribution is 0.996. The summed E-state index contributed by atoms with van der Waals surface area (Å²) in [5, 5.41) is 3.11. The number of hydrogen-bond donors (Lipinski definition) is 1. The van der Waals surface area contributed by atoms with Crippen molar-refractivity contribution >= 4 is 0 Å². The molecule has 1 heterocycles. The topological polar surface area (TPSA) is 21.9 Å². The molecule has 0 aliphatic carbocycles. The molecule has 1 fully saturated rings. The maximum Gasteiger partial charge on any atom is 0.0672 e. The number of hydrogen-bond acceptors (Lipinski definition) is 1. The van der Waals surface area contributed by atoms with E-state index in [0.717, 1.165) is 6.54 Å². The standard InChI is InChI=1S/C6H9N/c1-3-6(4-2)5-7-6/h3-4,7H,1-2,5H2. The molecule has 0 aromatic heterocycles. The van der Waals surface area contributed by atoms with Gasteiger partial charge in [0, 0.05) is 6.54 Å².